The number of benzene rings is 1. The molecule has 1 saturated carbocycles. The number of hydrogen-bond donors (Lipinski definition) is 0. The first kappa shape index (κ1) is 15.1. The molecule has 1 aromatic carbocycles. The molecule has 124 valence electrons. The number of aromatic nitrogens is 1. The predicted molar refractivity (Wildman–Crippen MR) is 96.2 cm³/mol. The smallest absolute Gasteiger partial charge is 0.238 e. The fourth-order valence-corrected chi connectivity index (χ4v) is 6.11. The van der Waals surface area contributed by atoms with Crippen molar-refractivity contribution in [1.82, 2.24) is 4.98 Å². The monoisotopic (exact) mass is 367 g/mol. The van der Waals surface area contributed by atoms with E-state index in [9.17, 15) is 9.59 Å². The Morgan fingerprint density at radius 3 is 2.64 bits per heavy atom. The van der Waals surface area contributed by atoms with E-state index >= 15 is 0 Å². The molecule has 0 spiro atoms. The molecule has 5 nitrogen and oxygen atoms in total. The summed E-state index contributed by atoms with van der Waals surface area (Å²) in [5.74, 6) is 0.317. The molecule has 7 heteroatoms. The van der Waals surface area contributed by atoms with Gasteiger partial charge in [-0.05, 0) is 36.5 Å². The van der Waals surface area contributed by atoms with Gasteiger partial charge in [0.2, 0.25) is 11.8 Å². The lowest BCUT2D eigenvalue weighted by atomic mass is 9.85. The molecule has 4 atom stereocenters. The second kappa shape index (κ2) is 5.41. The summed E-state index contributed by atoms with van der Waals surface area (Å²) in [7, 11) is 0. The highest BCUT2D eigenvalue weighted by Crippen LogP contribution is 2.53. The summed E-state index contributed by atoms with van der Waals surface area (Å²) in [4.78, 5) is 31.6. The molecule has 2 heterocycles. The van der Waals surface area contributed by atoms with E-state index in [2.05, 4.69) is 23.2 Å². The van der Waals surface area contributed by atoms with Crippen molar-refractivity contribution >= 4 is 50.8 Å². The van der Waals surface area contributed by atoms with Crippen molar-refractivity contribution < 1.29 is 9.59 Å². The number of carbonyl (C=O) groups is 2. The van der Waals surface area contributed by atoms with Gasteiger partial charge in [0.15, 0.2) is 4.34 Å². The first-order chi connectivity index (χ1) is 12.2. The highest BCUT2D eigenvalue weighted by molar-refractivity contribution is 8.01. The summed E-state index contributed by atoms with van der Waals surface area (Å²) in [6.45, 7) is 0. The van der Waals surface area contributed by atoms with Gasteiger partial charge in [-0.2, -0.15) is 5.26 Å². The normalized spacial score (nSPS) is 29.6. The van der Waals surface area contributed by atoms with Gasteiger partial charge in [-0.15, -0.1) is 11.3 Å². The number of hydrogen-bond acceptors (Lipinski definition) is 6. The molecule has 1 aliphatic heterocycles. The topological polar surface area (TPSA) is 74.1 Å². The minimum atomic E-state index is -0.179. The zero-order valence-corrected chi connectivity index (χ0v) is 14.7. The average Bonchev–Trinajstić information content (AvgIpc) is 3.35. The van der Waals surface area contributed by atoms with Crippen LogP contribution < -0.4 is 4.90 Å². The second-order valence-corrected chi connectivity index (χ2v) is 8.84. The number of nitriles is 1. The van der Waals surface area contributed by atoms with E-state index in [4.69, 9.17) is 5.26 Å². The van der Waals surface area contributed by atoms with Gasteiger partial charge in [-0.25, -0.2) is 9.88 Å². The lowest BCUT2D eigenvalue weighted by Crippen LogP contribution is -2.32. The van der Waals surface area contributed by atoms with Crippen LogP contribution in [0.3, 0.4) is 0 Å². The van der Waals surface area contributed by atoms with E-state index in [1.807, 2.05) is 12.1 Å². The van der Waals surface area contributed by atoms with Gasteiger partial charge in [0.05, 0.1) is 39.6 Å². The number of nitrogens with zero attached hydrogens (tertiary/aromatic N) is 3. The van der Waals surface area contributed by atoms with Crippen molar-refractivity contribution in [2.45, 2.75) is 10.8 Å². The van der Waals surface area contributed by atoms with Crippen molar-refractivity contribution in [2.24, 2.45) is 23.7 Å². The first-order valence-corrected chi connectivity index (χ1v) is 9.94. The van der Waals surface area contributed by atoms with Gasteiger partial charge in [0.1, 0.15) is 0 Å². The Morgan fingerprint density at radius 2 is 1.96 bits per heavy atom. The van der Waals surface area contributed by atoms with Gasteiger partial charge >= 0.3 is 0 Å². The van der Waals surface area contributed by atoms with Crippen LogP contribution in [0.15, 0.2) is 34.7 Å². The van der Waals surface area contributed by atoms with Crippen molar-refractivity contribution in [3.05, 3.63) is 30.4 Å². The van der Waals surface area contributed by atoms with Crippen LogP contribution >= 0.6 is 23.1 Å². The number of thiazole rings is 1. The maximum Gasteiger partial charge on any atom is 0.238 e. The van der Waals surface area contributed by atoms with Gasteiger partial charge < -0.3 is 0 Å². The number of fused-ring (bicyclic) bond motifs is 6. The number of imide groups is 1. The fourth-order valence-electron chi connectivity index (χ4n) is 4.34. The van der Waals surface area contributed by atoms with Crippen LogP contribution in [0, 0.1) is 35.0 Å². The highest BCUT2D eigenvalue weighted by Gasteiger charge is 2.59. The van der Waals surface area contributed by atoms with Crippen molar-refractivity contribution in [3.8, 4) is 6.07 Å². The largest absolute Gasteiger partial charge is 0.274 e. The number of rotatable bonds is 3. The Labute approximate surface area is 152 Å². The first-order valence-electron chi connectivity index (χ1n) is 8.14. The van der Waals surface area contributed by atoms with Crippen LogP contribution in [-0.4, -0.2) is 22.6 Å². The van der Waals surface area contributed by atoms with E-state index in [1.54, 1.807) is 6.07 Å². The quantitative estimate of drug-likeness (QED) is 0.473. The Hall–Kier alpha value is -2.17. The molecular formula is C18H13N3O2S2. The Bertz CT molecular complexity index is 960. The molecule has 2 amide bonds. The summed E-state index contributed by atoms with van der Waals surface area (Å²) in [6, 6.07) is 7.61. The molecule has 3 aliphatic rings. The standard InChI is InChI=1S/C18H13N3O2S2/c19-5-6-24-18-20-12-4-3-11(8-13(12)25-18)21-16(22)14-9-1-2-10(7-9)15(14)17(21)23/h1-4,8-10,14-15H,6-7H2/t9-,10-,14+,15+/m0/s1. The van der Waals surface area contributed by atoms with Crippen LogP contribution in [0.4, 0.5) is 5.69 Å². The third kappa shape index (κ3) is 2.11. The summed E-state index contributed by atoms with van der Waals surface area (Å²) in [5.41, 5.74) is 1.46. The van der Waals surface area contributed by atoms with Crippen molar-refractivity contribution in [2.75, 3.05) is 10.7 Å². The molecule has 0 unspecified atom stereocenters. The summed E-state index contributed by atoms with van der Waals surface area (Å²) in [5, 5.41) is 8.69. The minimum Gasteiger partial charge on any atom is -0.274 e. The molecule has 2 fully saturated rings. The molecule has 0 N–H and O–H groups in total. The van der Waals surface area contributed by atoms with Gasteiger partial charge in [-0.3, -0.25) is 9.59 Å². The zero-order chi connectivity index (χ0) is 17.1. The van der Waals surface area contributed by atoms with E-state index < -0.39 is 0 Å². The van der Waals surface area contributed by atoms with Crippen LogP contribution in [-0.2, 0) is 9.59 Å². The number of carbonyl (C=O) groups excluding carboxylic acids is 2. The molecule has 2 aromatic rings. The predicted octanol–water partition coefficient (Wildman–Crippen LogP) is 3.22. The molecule has 1 aromatic heterocycles. The second-order valence-electron chi connectivity index (χ2n) is 6.59. The SMILES string of the molecule is N#CCSc1nc2ccc(N3C(=O)[C@H]4[C@H](C3=O)[C@H]3C=C[C@H]4C3)cc2s1. The maximum absolute atomic E-state index is 12.9. The summed E-state index contributed by atoms with van der Waals surface area (Å²) >= 11 is 2.88. The van der Waals surface area contributed by atoms with E-state index in [0.29, 0.717) is 11.4 Å². The van der Waals surface area contributed by atoms with Crippen molar-refractivity contribution in [3.63, 3.8) is 0 Å². The third-order valence-corrected chi connectivity index (χ3v) is 7.37. The Morgan fingerprint density at radius 1 is 1.24 bits per heavy atom. The molecule has 5 rings (SSSR count). The maximum atomic E-state index is 12.9. The van der Waals surface area contributed by atoms with Crippen LogP contribution in [0.5, 0.6) is 0 Å². The fraction of sp³-hybridized carbons (Fsp3) is 0.333. The lowest BCUT2D eigenvalue weighted by molar-refractivity contribution is -0.123. The minimum absolute atomic E-state index is 0.0604. The highest BCUT2D eigenvalue weighted by atomic mass is 32.2. The van der Waals surface area contributed by atoms with E-state index in [0.717, 1.165) is 21.0 Å². The number of anilines is 1. The summed E-state index contributed by atoms with van der Waals surface area (Å²) < 4.78 is 1.75. The summed E-state index contributed by atoms with van der Waals surface area (Å²) in [6.07, 6.45) is 5.14. The molecule has 1 saturated heterocycles. The molecular weight excluding hydrogens is 354 g/mol. The zero-order valence-electron chi connectivity index (χ0n) is 13.1. The Balaban J connectivity index is 1.50. The van der Waals surface area contributed by atoms with Gasteiger partial charge in [-0.1, -0.05) is 23.9 Å². The van der Waals surface area contributed by atoms with Crippen LogP contribution in [0.25, 0.3) is 10.2 Å². The lowest BCUT2D eigenvalue weighted by Gasteiger charge is -2.17. The number of thioether (sulfide) groups is 1. The van der Waals surface area contributed by atoms with Crippen LogP contribution in [0.2, 0.25) is 0 Å². The average molecular weight is 367 g/mol. The third-order valence-electron chi connectivity index (χ3n) is 5.34. The molecule has 0 radical (unpaired) electrons. The number of amides is 2. The van der Waals surface area contributed by atoms with Gasteiger partial charge in [0, 0.05) is 0 Å². The Kier molecular flexibility index (Phi) is 3.27. The molecule has 2 aliphatic carbocycles. The molecule has 2 bridgehead atoms. The van der Waals surface area contributed by atoms with E-state index in [-0.39, 0.29) is 35.5 Å². The van der Waals surface area contributed by atoms with Crippen molar-refractivity contribution in [1.29, 1.82) is 5.26 Å². The van der Waals surface area contributed by atoms with Gasteiger partial charge in [0.25, 0.3) is 0 Å². The van der Waals surface area contributed by atoms with Crippen LogP contribution in [0.1, 0.15) is 6.42 Å². The number of allylic oxidation sites excluding steroid dienone is 2. The molecule has 25 heavy (non-hydrogen) atoms. The van der Waals surface area contributed by atoms with E-state index in [1.165, 1.54) is 28.0 Å².